The summed E-state index contributed by atoms with van der Waals surface area (Å²) in [4.78, 5) is 25.6. The number of hydrogen-bond acceptors (Lipinski definition) is 5. The summed E-state index contributed by atoms with van der Waals surface area (Å²) in [6, 6.07) is 21.5. The number of amides is 2. The minimum atomic E-state index is -0.462. The Morgan fingerprint density at radius 1 is 0.848 bits per heavy atom. The molecule has 0 aliphatic rings. The molecule has 0 saturated carbocycles. The molecule has 3 aromatic carbocycles. The number of carbonyl (C=O) groups excluding carboxylic acids is 2. The third kappa shape index (κ3) is 4.88. The Bertz CT molecular complexity index is 1330. The highest BCUT2D eigenvalue weighted by Gasteiger charge is 2.22. The average Bonchev–Trinajstić information content (AvgIpc) is 3.21. The molecule has 0 spiro atoms. The smallest absolute Gasteiger partial charge is 0.293 e. The lowest BCUT2D eigenvalue weighted by atomic mass is 10.1. The molecule has 0 aliphatic heterocycles. The molecule has 1 aromatic heterocycles. The molecule has 166 valence electrons. The zero-order valence-corrected chi connectivity index (χ0v) is 18.1. The van der Waals surface area contributed by atoms with E-state index in [0.717, 1.165) is 5.56 Å². The van der Waals surface area contributed by atoms with Crippen molar-refractivity contribution in [2.45, 2.75) is 0 Å². The minimum absolute atomic E-state index is 0.0212. The fraction of sp³-hybridized carbons (Fsp3) is 0.0769. The number of methoxy groups -OCH3 is 2. The maximum absolute atomic E-state index is 12.9. The number of fused-ring (bicyclic) bond motifs is 1. The molecule has 7 heteroatoms. The van der Waals surface area contributed by atoms with Crippen LogP contribution in [0.15, 0.2) is 83.3 Å². The van der Waals surface area contributed by atoms with Gasteiger partial charge in [-0.2, -0.15) is 0 Å². The maximum atomic E-state index is 12.9. The summed E-state index contributed by atoms with van der Waals surface area (Å²) >= 11 is 0. The molecule has 0 bridgehead atoms. The molecule has 0 fully saturated rings. The minimum Gasteiger partial charge on any atom is -0.493 e. The van der Waals surface area contributed by atoms with Gasteiger partial charge in [0, 0.05) is 17.1 Å². The molecule has 4 rings (SSSR count). The first-order valence-corrected chi connectivity index (χ1v) is 10.2. The van der Waals surface area contributed by atoms with Crippen molar-refractivity contribution in [1.29, 1.82) is 0 Å². The van der Waals surface area contributed by atoms with Gasteiger partial charge in [-0.1, -0.05) is 36.4 Å². The van der Waals surface area contributed by atoms with Gasteiger partial charge in [-0.15, -0.1) is 0 Å². The van der Waals surface area contributed by atoms with Gasteiger partial charge in [-0.3, -0.25) is 9.59 Å². The van der Waals surface area contributed by atoms with Crippen LogP contribution in [-0.2, 0) is 4.79 Å². The molecular weight excluding hydrogens is 420 g/mol. The molecule has 1 heterocycles. The standard InChI is InChI=1S/C26H22N2O5/c1-31-21-14-12-17(16-22(21)32-2)13-15-23(29)28-24-19-10-6-7-11-20(19)33-25(24)26(30)27-18-8-4-3-5-9-18/h3-16H,1-2H3,(H,27,30)(H,28,29)/b15-13+. The third-order valence-corrected chi connectivity index (χ3v) is 4.92. The number of para-hydroxylation sites is 2. The van der Waals surface area contributed by atoms with Crippen molar-refractivity contribution in [1.82, 2.24) is 0 Å². The van der Waals surface area contributed by atoms with Crippen LogP contribution in [0.1, 0.15) is 16.1 Å². The van der Waals surface area contributed by atoms with E-state index in [2.05, 4.69) is 10.6 Å². The molecule has 4 aromatic rings. The van der Waals surface area contributed by atoms with Crippen LogP contribution in [0.4, 0.5) is 11.4 Å². The number of nitrogens with one attached hydrogen (secondary N) is 2. The first-order valence-electron chi connectivity index (χ1n) is 10.2. The van der Waals surface area contributed by atoms with Crippen molar-refractivity contribution < 1.29 is 23.5 Å². The Morgan fingerprint density at radius 2 is 1.58 bits per heavy atom. The van der Waals surface area contributed by atoms with Crippen LogP contribution in [0.3, 0.4) is 0 Å². The molecule has 33 heavy (non-hydrogen) atoms. The Morgan fingerprint density at radius 3 is 2.33 bits per heavy atom. The van der Waals surface area contributed by atoms with Crippen molar-refractivity contribution in [3.63, 3.8) is 0 Å². The quantitative estimate of drug-likeness (QED) is 0.377. The fourth-order valence-corrected chi connectivity index (χ4v) is 3.33. The van der Waals surface area contributed by atoms with E-state index in [1.54, 1.807) is 68.8 Å². The Hall–Kier alpha value is -4.52. The average molecular weight is 442 g/mol. The van der Waals surface area contributed by atoms with Crippen molar-refractivity contribution in [3.8, 4) is 11.5 Å². The Kier molecular flexibility index (Phi) is 6.40. The first-order chi connectivity index (χ1) is 16.1. The summed E-state index contributed by atoms with van der Waals surface area (Å²) in [7, 11) is 3.10. The predicted octanol–water partition coefficient (Wildman–Crippen LogP) is 5.35. The van der Waals surface area contributed by atoms with E-state index in [0.29, 0.717) is 33.8 Å². The summed E-state index contributed by atoms with van der Waals surface area (Å²) in [5.74, 6) is 0.299. The number of anilines is 2. The van der Waals surface area contributed by atoms with Gasteiger partial charge in [0.25, 0.3) is 5.91 Å². The highest BCUT2D eigenvalue weighted by Crippen LogP contribution is 2.32. The number of hydrogen-bond donors (Lipinski definition) is 2. The predicted molar refractivity (Wildman–Crippen MR) is 128 cm³/mol. The summed E-state index contributed by atoms with van der Waals surface area (Å²) in [5, 5.41) is 6.20. The van der Waals surface area contributed by atoms with E-state index in [9.17, 15) is 9.59 Å². The third-order valence-electron chi connectivity index (χ3n) is 4.92. The van der Waals surface area contributed by atoms with E-state index in [1.807, 2.05) is 24.3 Å². The lowest BCUT2D eigenvalue weighted by molar-refractivity contribution is -0.111. The second-order valence-electron chi connectivity index (χ2n) is 7.06. The molecule has 7 nitrogen and oxygen atoms in total. The number of furan rings is 1. The maximum Gasteiger partial charge on any atom is 0.293 e. The largest absolute Gasteiger partial charge is 0.493 e. The monoisotopic (exact) mass is 442 g/mol. The van der Waals surface area contributed by atoms with Gasteiger partial charge in [0.2, 0.25) is 11.7 Å². The summed E-state index contributed by atoms with van der Waals surface area (Å²) in [6.45, 7) is 0. The summed E-state index contributed by atoms with van der Waals surface area (Å²) in [6.07, 6.45) is 3.02. The summed E-state index contributed by atoms with van der Waals surface area (Å²) in [5.41, 5.74) is 2.17. The number of carbonyl (C=O) groups is 2. The van der Waals surface area contributed by atoms with Crippen LogP contribution < -0.4 is 20.1 Å². The van der Waals surface area contributed by atoms with E-state index >= 15 is 0 Å². The molecule has 0 saturated heterocycles. The Balaban J connectivity index is 1.58. The normalized spacial score (nSPS) is 10.8. The molecular formula is C26H22N2O5. The van der Waals surface area contributed by atoms with Crippen LogP contribution >= 0.6 is 0 Å². The molecule has 2 N–H and O–H groups in total. The highest BCUT2D eigenvalue weighted by molar-refractivity contribution is 6.16. The van der Waals surface area contributed by atoms with E-state index in [1.165, 1.54) is 6.08 Å². The topological polar surface area (TPSA) is 89.8 Å². The lowest BCUT2D eigenvalue weighted by Crippen LogP contribution is -2.15. The number of ether oxygens (including phenoxy) is 2. The van der Waals surface area contributed by atoms with Gasteiger partial charge in [-0.05, 0) is 48.0 Å². The van der Waals surface area contributed by atoms with Crippen LogP contribution in [0.5, 0.6) is 11.5 Å². The summed E-state index contributed by atoms with van der Waals surface area (Å²) < 4.78 is 16.3. The number of rotatable bonds is 7. The fourth-order valence-electron chi connectivity index (χ4n) is 3.33. The van der Waals surface area contributed by atoms with Gasteiger partial charge < -0.3 is 24.5 Å². The molecule has 0 atom stereocenters. The van der Waals surface area contributed by atoms with Crippen LogP contribution in [0.25, 0.3) is 17.0 Å². The van der Waals surface area contributed by atoms with Gasteiger partial charge >= 0.3 is 0 Å². The van der Waals surface area contributed by atoms with Crippen molar-refractivity contribution in [3.05, 3.63) is 90.2 Å². The number of benzene rings is 3. The van der Waals surface area contributed by atoms with Gasteiger partial charge in [0.15, 0.2) is 11.5 Å². The molecule has 2 amide bonds. The van der Waals surface area contributed by atoms with E-state index in [-0.39, 0.29) is 5.76 Å². The van der Waals surface area contributed by atoms with Crippen molar-refractivity contribution in [2.24, 2.45) is 0 Å². The first kappa shape index (κ1) is 21.7. The van der Waals surface area contributed by atoms with Crippen LogP contribution in [-0.4, -0.2) is 26.0 Å². The zero-order valence-electron chi connectivity index (χ0n) is 18.1. The van der Waals surface area contributed by atoms with Crippen molar-refractivity contribution >= 4 is 40.2 Å². The van der Waals surface area contributed by atoms with Crippen molar-refractivity contribution in [2.75, 3.05) is 24.9 Å². The molecule has 0 aliphatic carbocycles. The lowest BCUT2D eigenvalue weighted by Gasteiger charge is -2.08. The van der Waals surface area contributed by atoms with Crippen LogP contribution in [0.2, 0.25) is 0 Å². The van der Waals surface area contributed by atoms with Crippen LogP contribution in [0, 0.1) is 0 Å². The van der Waals surface area contributed by atoms with Gasteiger partial charge in [0.05, 0.1) is 14.2 Å². The Labute approximate surface area is 190 Å². The van der Waals surface area contributed by atoms with Gasteiger partial charge in [0.1, 0.15) is 11.3 Å². The van der Waals surface area contributed by atoms with E-state index in [4.69, 9.17) is 13.9 Å². The SMILES string of the molecule is COc1ccc(/C=C/C(=O)Nc2c(C(=O)Nc3ccccc3)oc3ccccc23)cc1OC. The second-order valence-corrected chi connectivity index (χ2v) is 7.06. The molecule has 0 unspecified atom stereocenters. The molecule has 0 radical (unpaired) electrons. The highest BCUT2D eigenvalue weighted by atomic mass is 16.5. The zero-order chi connectivity index (χ0) is 23.2. The second kappa shape index (κ2) is 9.74. The van der Waals surface area contributed by atoms with Gasteiger partial charge in [-0.25, -0.2) is 0 Å². The van der Waals surface area contributed by atoms with E-state index < -0.39 is 11.8 Å².